The summed E-state index contributed by atoms with van der Waals surface area (Å²) in [4.78, 5) is 42.0. The van der Waals surface area contributed by atoms with Gasteiger partial charge in [-0.15, -0.1) is 11.8 Å². The molecule has 0 aliphatic heterocycles. The van der Waals surface area contributed by atoms with Crippen molar-refractivity contribution >= 4 is 29.2 Å². The minimum Gasteiger partial charge on any atom is -0.383 e. The lowest BCUT2D eigenvalue weighted by atomic mass is 10.2. The van der Waals surface area contributed by atoms with E-state index in [1.807, 2.05) is 25.3 Å². The molecular formula is C18H24N4O3S. The van der Waals surface area contributed by atoms with Crippen molar-refractivity contribution in [1.29, 1.82) is 0 Å². The number of nitrogens with one attached hydrogen (secondary N) is 1. The van der Waals surface area contributed by atoms with Crippen molar-refractivity contribution in [3.8, 4) is 0 Å². The van der Waals surface area contributed by atoms with Gasteiger partial charge in [-0.3, -0.25) is 19.1 Å². The van der Waals surface area contributed by atoms with E-state index in [9.17, 15) is 14.4 Å². The van der Waals surface area contributed by atoms with E-state index in [4.69, 9.17) is 5.73 Å². The highest BCUT2D eigenvalue weighted by molar-refractivity contribution is 7.98. The molecule has 7 nitrogen and oxygen atoms in total. The lowest BCUT2D eigenvalue weighted by molar-refractivity contribution is 0.0985. The average Bonchev–Trinajstić information content (AvgIpc) is 2.64. The van der Waals surface area contributed by atoms with Crippen LogP contribution in [0.5, 0.6) is 0 Å². The first-order valence-corrected chi connectivity index (χ1v) is 9.76. The predicted molar refractivity (Wildman–Crippen MR) is 106 cm³/mol. The maximum Gasteiger partial charge on any atom is 0.330 e. The van der Waals surface area contributed by atoms with Gasteiger partial charge in [0.25, 0.3) is 11.5 Å². The van der Waals surface area contributed by atoms with Crippen molar-refractivity contribution in [2.75, 3.05) is 23.4 Å². The molecule has 0 saturated heterocycles. The topological polar surface area (TPSA) is 101 Å². The third-order valence-corrected chi connectivity index (χ3v) is 4.91. The molecule has 0 unspecified atom stereocenters. The fourth-order valence-electron chi connectivity index (χ4n) is 2.75. The SMILES string of the molecule is CCCCn1c(N)c(N(CC)C(=O)c2ccccc2SC)c(=O)[nH]c1=O. The Labute approximate surface area is 156 Å². The Bertz CT molecular complexity index is 904. The Morgan fingerprint density at radius 3 is 2.58 bits per heavy atom. The third kappa shape index (κ3) is 3.85. The second-order valence-corrected chi connectivity index (χ2v) is 6.60. The molecule has 0 aliphatic rings. The van der Waals surface area contributed by atoms with Gasteiger partial charge in [0.2, 0.25) is 0 Å². The molecule has 1 heterocycles. The molecule has 0 radical (unpaired) electrons. The number of hydrogen-bond acceptors (Lipinski definition) is 5. The van der Waals surface area contributed by atoms with Crippen LogP contribution >= 0.6 is 11.8 Å². The number of aromatic amines is 1. The molecule has 1 amide bonds. The van der Waals surface area contributed by atoms with Crippen LogP contribution in [0.4, 0.5) is 11.5 Å². The Balaban J connectivity index is 2.58. The molecule has 3 N–H and O–H groups in total. The van der Waals surface area contributed by atoms with E-state index in [0.29, 0.717) is 12.1 Å². The van der Waals surface area contributed by atoms with Crippen molar-refractivity contribution in [2.45, 2.75) is 38.1 Å². The van der Waals surface area contributed by atoms with Crippen LogP contribution in [0.15, 0.2) is 38.8 Å². The zero-order chi connectivity index (χ0) is 19.3. The smallest absolute Gasteiger partial charge is 0.330 e. The van der Waals surface area contributed by atoms with E-state index in [2.05, 4.69) is 4.98 Å². The number of nitrogen functional groups attached to an aromatic ring is 1. The standard InChI is InChI=1S/C18H24N4O3S/c1-4-6-11-22-15(19)14(16(23)20-18(22)25)21(5-2)17(24)12-9-7-8-10-13(12)26-3/h7-10H,4-6,11,19H2,1-3H3,(H,20,23,25). The van der Waals surface area contributed by atoms with Gasteiger partial charge >= 0.3 is 5.69 Å². The number of H-pyrrole nitrogens is 1. The molecule has 0 atom stereocenters. The maximum absolute atomic E-state index is 13.1. The average molecular weight is 376 g/mol. The van der Waals surface area contributed by atoms with Crippen molar-refractivity contribution in [1.82, 2.24) is 9.55 Å². The van der Waals surface area contributed by atoms with E-state index in [1.165, 1.54) is 21.2 Å². The summed E-state index contributed by atoms with van der Waals surface area (Å²) in [6.07, 6.45) is 3.50. The Morgan fingerprint density at radius 1 is 1.27 bits per heavy atom. The van der Waals surface area contributed by atoms with Gasteiger partial charge in [0.1, 0.15) is 5.82 Å². The van der Waals surface area contributed by atoms with Crippen molar-refractivity contribution < 1.29 is 4.79 Å². The minimum atomic E-state index is -0.655. The minimum absolute atomic E-state index is 0.0176. The molecule has 0 saturated carbocycles. The van der Waals surface area contributed by atoms with E-state index >= 15 is 0 Å². The van der Waals surface area contributed by atoms with Crippen LogP contribution in [0, 0.1) is 0 Å². The van der Waals surface area contributed by atoms with Gasteiger partial charge in [-0.25, -0.2) is 4.79 Å². The van der Waals surface area contributed by atoms with E-state index in [0.717, 1.165) is 17.7 Å². The summed E-state index contributed by atoms with van der Waals surface area (Å²) in [7, 11) is 0. The van der Waals surface area contributed by atoms with E-state index < -0.39 is 11.2 Å². The predicted octanol–water partition coefficient (Wildman–Crippen LogP) is 2.31. The van der Waals surface area contributed by atoms with Crippen molar-refractivity contribution in [3.05, 3.63) is 50.7 Å². The summed E-state index contributed by atoms with van der Waals surface area (Å²) >= 11 is 1.45. The number of thioether (sulfide) groups is 1. The highest BCUT2D eigenvalue weighted by Gasteiger charge is 2.25. The maximum atomic E-state index is 13.1. The van der Waals surface area contributed by atoms with Crippen LogP contribution in [0.1, 0.15) is 37.0 Å². The van der Waals surface area contributed by atoms with E-state index in [1.54, 1.807) is 19.1 Å². The largest absolute Gasteiger partial charge is 0.383 e. The van der Waals surface area contributed by atoms with Crippen molar-refractivity contribution in [2.24, 2.45) is 0 Å². The zero-order valence-corrected chi connectivity index (χ0v) is 16.1. The third-order valence-electron chi connectivity index (χ3n) is 4.12. The van der Waals surface area contributed by atoms with Gasteiger partial charge in [-0.2, -0.15) is 0 Å². The number of carbonyl (C=O) groups excluding carboxylic acids is 1. The summed E-state index contributed by atoms with van der Waals surface area (Å²) in [6.45, 7) is 4.40. The van der Waals surface area contributed by atoms with Gasteiger partial charge in [0, 0.05) is 18.0 Å². The van der Waals surface area contributed by atoms with Gasteiger partial charge < -0.3 is 10.6 Å². The summed E-state index contributed by atoms with van der Waals surface area (Å²) in [5.41, 5.74) is 5.43. The summed E-state index contributed by atoms with van der Waals surface area (Å²) < 4.78 is 1.32. The highest BCUT2D eigenvalue weighted by Crippen LogP contribution is 2.25. The zero-order valence-electron chi connectivity index (χ0n) is 15.2. The van der Waals surface area contributed by atoms with Crippen LogP contribution in [0.3, 0.4) is 0 Å². The molecule has 26 heavy (non-hydrogen) atoms. The molecular weight excluding hydrogens is 352 g/mol. The molecule has 0 spiro atoms. The van der Waals surface area contributed by atoms with Gasteiger partial charge in [-0.05, 0) is 31.7 Å². The second-order valence-electron chi connectivity index (χ2n) is 5.75. The molecule has 2 rings (SSSR count). The first-order valence-electron chi connectivity index (χ1n) is 8.53. The number of unbranched alkanes of at least 4 members (excludes halogenated alkanes) is 1. The summed E-state index contributed by atoms with van der Waals surface area (Å²) in [5, 5.41) is 0. The number of benzene rings is 1. The highest BCUT2D eigenvalue weighted by atomic mass is 32.2. The Kier molecular flexibility index (Phi) is 6.68. The molecule has 0 bridgehead atoms. The number of hydrogen-bond donors (Lipinski definition) is 2. The van der Waals surface area contributed by atoms with E-state index in [-0.39, 0.29) is 24.0 Å². The molecule has 1 aromatic carbocycles. The molecule has 8 heteroatoms. The van der Waals surface area contributed by atoms with Crippen LogP contribution in [-0.4, -0.2) is 28.3 Å². The van der Waals surface area contributed by atoms with Gasteiger partial charge in [0.05, 0.1) is 5.56 Å². The lowest BCUT2D eigenvalue weighted by Crippen LogP contribution is -2.41. The molecule has 1 aromatic heterocycles. The van der Waals surface area contributed by atoms with Crippen LogP contribution in [0.2, 0.25) is 0 Å². The van der Waals surface area contributed by atoms with Gasteiger partial charge in [0.15, 0.2) is 5.69 Å². The fraction of sp³-hybridized carbons (Fsp3) is 0.389. The number of aromatic nitrogens is 2. The Hall–Kier alpha value is -2.48. The first kappa shape index (κ1) is 19.8. The quantitative estimate of drug-likeness (QED) is 0.722. The fourth-order valence-corrected chi connectivity index (χ4v) is 3.34. The normalized spacial score (nSPS) is 10.7. The number of carbonyl (C=O) groups is 1. The van der Waals surface area contributed by atoms with Crippen LogP contribution < -0.4 is 21.9 Å². The second kappa shape index (κ2) is 8.75. The molecule has 140 valence electrons. The van der Waals surface area contributed by atoms with Crippen molar-refractivity contribution in [3.63, 3.8) is 0 Å². The Morgan fingerprint density at radius 2 is 1.96 bits per heavy atom. The lowest BCUT2D eigenvalue weighted by Gasteiger charge is -2.24. The molecule has 0 aliphatic carbocycles. The van der Waals surface area contributed by atoms with Gasteiger partial charge in [-0.1, -0.05) is 25.5 Å². The number of nitrogens with zero attached hydrogens (tertiary/aromatic N) is 2. The molecule has 0 fully saturated rings. The monoisotopic (exact) mass is 376 g/mol. The summed E-state index contributed by atoms with van der Waals surface area (Å²) in [6, 6.07) is 7.19. The van der Waals surface area contributed by atoms with Crippen LogP contribution in [-0.2, 0) is 6.54 Å². The number of anilines is 2. The number of amides is 1. The van der Waals surface area contributed by atoms with Crippen LogP contribution in [0.25, 0.3) is 0 Å². The first-order chi connectivity index (χ1) is 12.5. The number of rotatable bonds is 7. The summed E-state index contributed by atoms with van der Waals surface area (Å²) in [5.74, 6) is -0.306. The molecule has 2 aromatic rings. The number of nitrogens with two attached hydrogens (primary N) is 1.